The summed E-state index contributed by atoms with van der Waals surface area (Å²) in [6.45, 7) is 2.05. The fraction of sp³-hybridized carbons (Fsp3) is 0.0714. The summed E-state index contributed by atoms with van der Waals surface area (Å²) in [7, 11) is 0. The molecule has 0 fully saturated rings. The molecular formula is C14H11NOS. The normalized spacial score (nSPS) is 10.9. The number of aromatic hydroxyl groups is 1. The van der Waals surface area contributed by atoms with Gasteiger partial charge >= 0.3 is 0 Å². The molecule has 17 heavy (non-hydrogen) atoms. The minimum absolute atomic E-state index is 0.340. The smallest absolute Gasteiger partial charge is 0.132 e. The largest absolute Gasteiger partial charge is 0.507 e. The molecule has 3 heteroatoms. The summed E-state index contributed by atoms with van der Waals surface area (Å²) >= 11 is 1.53. The van der Waals surface area contributed by atoms with E-state index in [0.717, 1.165) is 21.2 Å². The Labute approximate surface area is 103 Å². The first-order valence-corrected chi connectivity index (χ1v) is 6.25. The third-order valence-corrected chi connectivity index (χ3v) is 3.65. The molecular weight excluding hydrogens is 230 g/mol. The number of phenolic OH excluding ortho intramolecular Hbond substituents is 1. The number of rotatable bonds is 1. The van der Waals surface area contributed by atoms with Gasteiger partial charge in [0.15, 0.2) is 0 Å². The van der Waals surface area contributed by atoms with Crippen LogP contribution in [0.2, 0.25) is 0 Å². The molecule has 1 heterocycles. The van der Waals surface area contributed by atoms with Gasteiger partial charge in [0.25, 0.3) is 0 Å². The molecule has 0 radical (unpaired) electrons. The van der Waals surface area contributed by atoms with Crippen molar-refractivity contribution in [2.75, 3.05) is 0 Å². The third-order valence-electron chi connectivity index (χ3n) is 2.84. The van der Waals surface area contributed by atoms with Crippen LogP contribution in [-0.2, 0) is 0 Å². The number of thiazole rings is 1. The number of phenols is 1. The minimum atomic E-state index is 0.340. The summed E-state index contributed by atoms with van der Waals surface area (Å²) in [5.74, 6) is 0.340. The molecule has 1 aromatic heterocycles. The van der Waals surface area contributed by atoms with Gasteiger partial charge < -0.3 is 5.11 Å². The van der Waals surface area contributed by atoms with Gasteiger partial charge in [-0.25, -0.2) is 0 Å². The Kier molecular flexibility index (Phi) is 2.34. The van der Waals surface area contributed by atoms with Crippen molar-refractivity contribution >= 4 is 22.1 Å². The SMILES string of the molecule is Cc1ccc2c(O)c(-c3cncs3)ccc2c1. The molecule has 2 nitrogen and oxygen atoms in total. The highest BCUT2D eigenvalue weighted by Gasteiger charge is 2.09. The van der Waals surface area contributed by atoms with Gasteiger partial charge in [-0.05, 0) is 18.4 Å². The summed E-state index contributed by atoms with van der Waals surface area (Å²) < 4.78 is 0. The Morgan fingerprint density at radius 1 is 1.18 bits per heavy atom. The van der Waals surface area contributed by atoms with Crippen LogP contribution in [0.15, 0.2) is 42.0 Å². The second kappa shape index (κ2) is 3.86. The Balaban J connectivity index is 2.30. The molecule has 1 N–H and O–H groups in total. The highest BCUT2D eigenvalue weighted by molar-refractivity contribution is 7.13. The average molecular weight is 241 g/mol. The first-order valence-electron chi connectivity index (χ1n) is 5.37. The molecule has 0 aliphatic heterocycles. The number of hydrogen-bond donors (Lipinski definition) is 1. The van der Waals surface area contributed by atoms with E-state index in [1.54, 1.807) is 11.7 Å². The first-order chi connectivity index (χ1) is 8.25. The van der Waals surface area contributed by atoms with Gasteiger partial charge in [-0.2, -0.15) is 0 Å². The number of hydrogen-bond acceptors (Lipinski definition) is 3. The maximum Gasteiger partial charge on any atom is 0.132 e. The molecule has 0 bridgehead atoms. The van der Waals surface area contributed by atoms with Crippen LogP contribution in [0.25, 0.3) is 21.2 Å². The predicted octanol–water partition coefficient (Wildman–Crippen LogP) is 3.98. The molecule has 0 saturated heterocycles. The van der Waals surface area contributed by atoms with Crippen LogP contribution in [0.3, 0.4) is 0 Å². The molecule has 0 amide bonds. The van der Waals surface area contributed by atoms with Crippen molar-refractivity contribution in [2.45, 2.75) is 6.92 Å². The molecule has 0 spiro atoms. The van der Waals surface area contributed by atoms with E-state index in [1.807, 2.05) is 31.2 Å². The van der Waals surface area contributed by atoms with Crippen molar-refractivity contribution in [2.24, 2.45) is 0 Å². The Hall–Kier alpha value is -1.87. The lowest BCUT2D eigenvalue weighted by molar-refractivity contribution is 0.484. The molecule has 0 aliphatic carbocycles. The zero-order chi connectivity index (χ0) is 11.8. The fourth-order valence-electron chi connectivity index (χ4n) is 1.98. The van der Waals surface area contributed by atoms with Crippen LogP contribution >= 0.6 is 11.3 Å². The van der Waals surface area contributed by atoms with E-state index in [1.165, 1.54) is 16.9 Å². The standard InChI is InChI=1S/C14H11NOS/c1-9-2-4-11-10(6-9)3-5-12(14(11)16)13-7-15-8-17-13/h2-8,16H,1H3. The lowest BCUT2D eigenvalue weighted by Crippen LogP contribution is -1.80. The second-order valence-corrected chi connectivity index (χ2v) is 4.94. The van der Waals surface area contributed by atoms with Crippen LogP contribution in [0, 0.1) is 6.92 Å². The van der Waals surface area contributed by atoms with E-state index in [4.69, 9.17) is 0 Å². The molecule has 84 valence electrons. The zero-order valence-electron chi connectivity index (χ0n) is 9.34. The summed E-state index contributed by atoms with van der Waals surface area (Å²) in [6.07, 6.45) is 1.78. The van der Waals surface area contributed by atoms with E-state index in [9.17, 15) is 5.11 Å². The fourth-order valence-corrected chi connectivity index (χ4v) is 2.63. The molecule has 0 aliphatic rings. The predicted molar refractivity (Wildman–Crippen MR) is 71.5 cm³/mol. The van der Waals surface area contributed by atoms with Crippen LogP contribution in [0.4, 0.5) is 0 Å². The number of fused-ring (bicyclic) bond motifs is 1. The van der Waals surface area contributed by atoms with Crippen molar-refractivity contribution < 1.29 is 5.11 Å². The summed E-state index contributed by atoms with van der Waals surface area (Å²) in [5, 5.41) is 12.2. The maximum atomic E-state index is 10.3. The third kappa shape index (κ3) is 1.68. The van der Waals surface area contributed by atoms with E-state index in [-0.39, 0.29) is 0 Å². The summed E-state index contributed by atoms with van der Waals surface area (Å²) in [4.78, 5) is 5.03. The van der Waals surface area contributed by atoms with E-state index in [2.05, 4.69) is 11.1 Å². The zero-order valence-corrected chi connectivity index (χ0v) is 10.2. The van der Waals surface area contributed by atoms with Crippen LogP contribution in [0.5, 0.6) is 5.75 Å². The molecule has 0 atom stereocenters. The van der Waals surface area contributed by atoms with Crippen molar-refractivity contribution in [3.8, 4) is 16.2 Å². The monoisotopic (exact) mass is 241 g/mol. The first kappa shape index (κ1) is 10.3. The van der Waals surface area contributed by atoms with Crippen LogP contribution in [0.1, 0.15) is 5.56 Å². The van der Waals surface area contributed by atoms with Gasteiger partial charge in [0, 0.05) is 17.1 Å². The lowest BCUT2D eigenvalue weighted by atomic mass is 10.0. The van der Waals surface area contributed by atoms with Gasteiger partial charge in [-0.15, -0.1) is 11.3 Å². The minimum Gasteiger partial charge on any atom is -0.507 e. The topological polar surface area (TPSA) is 33.1 Å². The van der Waals surface area contributed by atoms with Crippen LogP contribution < -0.4 is 0 Å². The van der Waals surface area contributed by atoms with Gasteiger partial charge in [-0.1, -0.05) is 29.8 Å². The number of benzene rings is 2. The van der Waals surface area contributed by atoms with Gasteiger partial charge in [0.2, 0.25) is 0 Å². The number of aryl methyl sites for hydroxylation is 1. The Morgan fingerprint density at radius 3 is 2.82 bits per heavy atom. The number of nitrogens with zero attached hydrogens (tertiary/aromatic N) is 1. The second-order valence-electron chi connectivity index (χ2n) is 4.05. The highest BCUT2D eigenvalue weighted by Crippen LogP contribution is 2.37. The molecule has 0 saturated carbocycles. The Bertz CT molecular complexity index is 674. The number of aromatic nitrogens is 1. The van der Waals surface area contributed by atoms with Crippen molar-refractivity contribution in [3.05, 3.63) is 47.6 Å². The van der Waals surface area contributed by atoms with Gasteiger partial charge in [-0.3, -0.25) is 4.98 Å². The highest BCUT2D eigenvalue weighted by atomic mass is 32.1. The molecule has 2 aromatic carbocycles. The lowest BCUT2D eigenvalue weighted by Gasteiger charge is -2.06. The van der Waals surface area contributed by atoms with E-state index in [0.29, 0.717) is 5.75 Å². The average Bonchev–Trinajstić information content (AvgIpc) is 2.82. The van der Waals surface area contributed by atoms with Crippen molar-refractivity contribution in [1.29, 1.82) is 0 Å². The van der Waals surface area contributed by atoms with Crippen LogP contribution in [-0.4, -0.2) is 10.1 Å². The Morgan fingerprint density at radius 2 is 2.06 bits per heavy atom. The van der Waals surface area contributed by atoms with E-state index >= 15 is 0 Å². The molecule has 0 unspecified atom stereocenters. The molecule has 3 aromatic rings. The van der Waals surface area contributed by atoms with Crippen molar-refractivity contribution in [3.63, 3.8) is 0 Å². The van der Waals surface area contributed by atoms with E-state index < -0.39 is 0 Å². The summed E-state index contributed by atoms with van der Waals surface area (Å²) in [5.41, 5.74) is 3.82. The van der Waals surface area contributed by atoms with Crippen molar-refractivity contribution in [1.82, 2.24) is 4.98 Å². The van der Waals surface area contributed by atoms with Gasteiger partial charge in [0.1, 0.15) is 5.75 Å². The molecule has 3 rings (SSSR count). The quantitative estimate of drug-likeness (QED) is 0.699. The van der Waals surface area contributed by atoms with Gasteiger partial charge in [0.05, 0.1) is 10.4 Å². The maximum absolute atomic E-state index is 10.3. The summed E-state index contributed by atoms with van der Waals surface area (Å²) in [6, 6.07) is 10.0.